The average Bonchev–Trinajstić information content (AvgIpc) is 3.00. The molecule has 2 N–H and O–H groups in total. The van der Waals surface area contributed by atoms with Crippen molar-refractivity contribution in [2.24, 2.45) is 0 Å². The standard InChI is InChI=1S/C14H9ClN4O3/c15-10-4-1-8(2-5-10)13(20)16-17-14(21)9-3-6-11-12(7-9)19-22-18-11/h1-7H,(H,16,20)(H,17,21). The minimum atomic E-state index is -0.479. The van der Waals surface area contributed by atoms with E-state index in [0.717, 1.165) is 0 Å². The quantitative estimate of drug-likeness (QED) is 0.704. The highest BCUT2D eigenvalue weighted by molar-refractivity contribution is 6.30. The maximum atomic E-state index is 12.0. The molecule has 110 valence electrons. The zero-order valence-electron chi connectivity index (χ0n) is 11.0. The van der Waals surface area contributed by atoms with Gasteiger partial charge < -0.3 is 0 Å². The average molecular weight is 317 g/mol. The van der Waals surface area contributed by atoms with Crippen LogP contribution in [0.2, 0.25) is 5.02 Å². The first kappa shape index (κ1) is 14.0. The van der Waals surface area contributed by atoms with Gasteiger partial charge in [-0.25, -0.2) is 4.63 Å². The number of benzene rings is 2. The summed E-state index contributed by atoms with van der Waals surface area (Å²) in [5.74, 6) is -0.929. The third kappa shape index (κ3) is 2.89. The van der Waals surface area contributed by atoms with E-state index in [-0.39, 0.29) is 0 Å². The van der Waals surface area contributed by atoms with Crippen LogP contribution in [0.3, 0.4) is 0 Å². The monoisotopic (exact) mass is 316 g/mol. The minimum Gasteiger partial charge on any atom is -0.267 e. The Bertz CT molecular complexity index is 845. The zero-order valence-corrected chi connectivity index (χ0v) is 11.8. The second-order valence-corrected chi connectivity index (χ2v) is 4.82. The number of carbonyl (C=O) groups is 2. The van der Waals surface area contributed by atoms with E-state index in [1.807, 2.05) is 0 Å². The Morgan fingerprint density at radius 2 is 1.45 bits per heavy atom. The summed E-state index contributed by atoms with van der Waals surface area (Å²) >= 11 is 5.74. The highest BCUT2D eigenvalue weighted by Crippen LogP contribution is 2.11. The molecular weight excluding hydrogens is 308 g/mol. The van der Waals surface area contributed by atoms with Crippen LogP contribution in [0.4, 0.5) is 0 Å². The molecule has 0 aliphatic carbocycles. The first-order chi connectivity index (χ1) is 10.6. The van der Waals surface area contributed by atoms with Gasteiger partial charge in [0.1, 0.15) is 11.0 Å². The Kier molecular flexibility index (Phi) is 3.71. The highest BCUT2D eigenvalue weighted by Gasteiger charge is 2.11. The van der Waals surface area contributed by atoms with Gasteiger partial charge in [-0.15, -0.1) is 0 Å². The Morgan fingerprint density at radius 1 is 0.864 bits per heavy atom. The van der Waals surface area contributed by atoms with Crippen LogP contribution in [-0.2, 0) is 0 Å². The molecule has 7 nitrogen and oxygen atoms in total. The van der Waals surface area contributed by atoms with Crippen LogP contribution in [0.15, 0.2) is 47.1 Å². The Balaban J connectivity index is 1.66. The molecule has 0 unspecified atom stereocenters. The number of nitrogens with one attached hydrogen (secondary N) is 2. The van der Waals surface area contributed by atoms with Crippen LogP contribution in [0, 0.1) is 0 Å². The molecule has 0 bridgehead atoms. The Morgan fingerprint density at radius 3 is 2.18 bits per heavy atom. The van der Waals surface area contributed by atoms with Crippen molar-refractivity contribution in [2.75, 3.05) is 0 Å². The van der Waals surface area contributed by atoms with Crippen molar-refractivity contribution in [1.82, 2.24) is 21.2 Å². The fourth-order valence-corrected chi connectivity index (χ4v) is 1.91. The molecule has 0 saturated carbocycles. The molecule has 1 aromatic heterocycles. The predicted molar refractivity (Wildman–Crippen MR) is 78.2 cm³/mol. The van der Waals surface area contributed by atoms with Crippen LogP contribution in [0.1, 0.15) is 20.7 Å². The second kappa shape index (κ2) is 5.82. The van der Waals surface area contributed by atoms with Gasteiger partial charge in [0.25, 0.3) is 11.8 Å². The molecule has 3 aromatic rings. The predicted octanol–water partition coefficient (Wildman–Crippen LogP) is 1.95. The summed E-state index contributed by atoms with van der Waals surface area (Å²) in [7, 11) is 0. The summed E-state index contributed by atoms with van der Waals surface area (Å²) in [5.41, 5.74) is 6.33. The van der Waals surface area contributed by atoms with Gasteiger partial charge in [0, 0.05) is 16.1 Å². The molecule has 8 heteroatoms. The lowest BCUT2D eigenvalue weighted by molar-refractivity contribution is 0.0847. The van der Waals surface area contributed by atoms with E-state index in [0.29, 0.717) is 27.2 Å². The van der Waals surface area contributed by atoms with Gasteiger partial charge in [-0.1, -0.05) is 11.6 Å². The first-order valence-electron chi connectivity index (χ1n) is 6.22. The van der Waals surface area contributed by atoms with E-state index in [4.69, 9.17) is 11.6 Å². The number of hydrazine groups is 1. The lowest BCUT2D eigenvalue weighted by Gasteiger charge is -2.07. The van der Waals surface area contributed by atoms with Crippen molar-refractivity contribution in [3.05, 3.63) is 58.6 Å². The van der Waals surface area contributed by atoms with Crippen LogP contribution < -0.4 is 10.9 Å². The number of amides is 2. The van der Waals surface area contributed by atoms with Crippen LogP contribution in [0.25, 0.3) is 11.0 Å². The van der Waals surface area contributed by atoms with E-state index in [2.05, 4.69) is 25.8 Å². The maximum Gasteiger partial charge on any atom is 0.269 e. The van der Waals surface area contributed by atoms with Crippen molar-refractivity contribution in [1.29, 1.82) is 0 Å². The molecule has 3 rings (SSSR count). The SMILES string of the molecule is O=C(NNC(=O)c1ccc2nonc2c1)c1ccc(Cl)cc1. The number of aromatic nitrogens is 2. The van der Waals surface area contributed by atoms with E-state index in [1.54, 1.807) is 36.4 Å². The minimum absolute atomic E-state index is 0.319. The topological polar surface area (TPSA) is 97.1 Å². The molecule has 0 atom stereocenters. The largest absolute Gasteiger partial charge is 0.269 e. The normalized spacial score (nSPS) is 10.4. The molecule has 2 aromatic carbocycles. The van der Waals surface area contributed by atoms with Crippen LogP contribution in [0.5, 0.6) is 0 Å². The molecule has 0 aliphatic heterocycles. The summed E-state index contributed by atoms with van der Waals surface area (Å²) in [6.07, 6.45) is 0. The lowest BCUT2D eigenvalue weighted by Crippen LogP contribution is -2.41. The van der Waals surface area contributed by atoms with Gasteiger partial charge in [0.2, 0.25) is 0 Å². The third-order valence-electron chi connectivity index (χ3n) is 2.91. The van der Waals surface area contributed by atoms with Gasteiger partial charge in [0.15, 0.2) is 0 Å². The van der Waals surface area contributed by atoms with Crippen LogP contribution in [-0.4, -0.2) is 22.1 Å². The number of fused-ring (bicyclic) bond motifs is 1. The van der Waals surface area contributed by atoms with Gasteiger partial charge in [-0.2, -0.15) is 0 Å². The zero-order chi connectivity index (χ0) is 15.5. The first-order valence-corrected chi connectivity index (χ1v) is 6.60. The molecule has 22 heavy (non-hydrogen) atoms. The molecule has 0 spiro atoms. The van der Waals surface area contributed by atoms with Gasteiger partial charge in [-0.3, -0.25) is 20.4 Å². The maximum absolute atomic E-state index is 12.0. The molecule has 2 amide bonds. The molecule has 0 fully saturated rings. The number of nitrogens with zero attached hydrogens (tertiary/aromatic N) is 2. The number of hydrogen-bond donors (Lipinski definition) is 2. The van der Waals surface area contributed by atoms with E-state index < -0.39 is 11.8 Å². The van der Waals surface area contributed by atoms with Crippen LogP contribution >= 0.6 is 11.6 Å². The van der Waals surface area contributed by atoms with Crippen molar-refractivity contribution in [2.45, 2.75) is 0 Å². The van der Waals surface area contributed by atoms with Crippen molar-refractivity contribution >= 4 is 34.4 Å². The number of halogens is 1. The fourth-order valence-electron chi connectivity index (χ4n) is 1.78. The van der Waals surface area contributed by atoms with Gasteiger partial charge in [0.05, 0.1) is 0 Å². The molecule has 1 heterocycles. The fraction of sp³-hybridized carbons (Fsp3) is 0. The van der Waals surface area contributed by atoms with Crippen molar-refractivity contribution in [3.8, 4) is 0 Å². The Hall–Kier alpha value is -2.93. The lowest BCUT2D eigenvalue weighted by atomic mass is 10.2. The third-order valence-corrected chi connectivity index (χ3v) is 3.16. The number of rotatable bonds is 2. The van der Waals surface area contributed by atoms with Gasteiger partial charge >= 0.3 is 0 Å². The van der Waals surface area contributed by atoms with E-state index >= 15 is 0 Å². The summed E-state index contributed by atoms with van der Waals surface area (Å²) in [5, 5.41) is 7.81. The summed E-state index contributed by atoms with van der Waals surface area (Å²) < 4.78 is 4.55. The summed E-state index contributed by atoms with van der Waals surface area (Å²) in [6.45, 7) is 0. The van der Waals surface area contributed by atoms with E-state index in [1.165, 1.54) is 6.07 Å². The van der Waals surface area contributed by atoms with Crippen molar-refractivity contribution < 1.29 is 14.2 Å². The highest BCUT2D eigenvalue weighted by atomic mass is 35.5. The second-order valence-electron chi connectivity index (χ2n) is 4.38. The smallest absolute Gasteiger partial charge is 0.267 e. The van der Waals surface area contributed by atoms with Crippen molar-refractivity contribution in [3.63, 3.8) is 0 Å². The Labute approximate surface area is 129 Å². The summed E-state index contributed by atoms with van der Waals surface area (Å²) in [4.78, 5) is 23.8. The molecular formula is C14H9ClN4O3. The van der Waals surface area contributed by atoms with E-state index in [9.17, 15) is 9.59 Å². The molecule has 0 aliphatic rings. The number of hydrogen-bond acceptors (Lipinski definition) is 5. The van der Waals surface area contributed by atoms with Gasteiger partial charge in [-0.05, 0) is 52.8 Å². The number of carbonyl (C=O) groups excluding carboxylic acids is 2. The molecule has 0 radical (unpaired) electrons. The molecule has 0 saturated heterocycles. The summed E-state index contributed by atoms with van der Waals surface area (Å²) in [6, 6.07) is 10.9.